The molecule has 0 bridgehead atoms. The molecule has 1 aromatic heterocycles. The maximum Gasteiger partial charge on any atom is 0.257 e. The smallest absolute Gasteiger partial charge is 0.257 e. The number of ether oxygens (including phenoxy) is 1. The van der Waals surface area contributed by atoms with Crippen molar-refractivity contribution < 1.29 is 18.4 Å². The van der Waals surface area contributed by atoms with Crippen molar-refractivity contribution in [3.8, 4) is 11.5 Å². The second-order valence-corrected chi connectivity index (χ2v) is 5.58. The van der Waals surface area contributed by atoms with Gasteiger partial charge in [-0.25, -0.2) is 4.39 Å². The molecule has 0 unspecified atom stereocenters. The number of hydrogen-bond acceptors (Lipinski definition) is 4. The van der Waals surface area contributed by atoms with Gasteiger partial charge in [0, 0.05) is 6.54 Å². The fraction of sp³-hybridized carbons (Fsp3) is 0.158. The van der Waals surface area contributed by atoms with Crippen molar-refractivity contribution in [1.29, 1.82) is 0 Å². The summed E-state index contributed by atoms with van der Waals surface area (Å²) < 4.78 is 23.5. The summed E-state index contributed by atoms with van der Waals surface area (Å²) in [4.78, 5) is 12.2. The Morgan fingerprint density at radius 3 is 2.24 bits per heavy atom. The second-order valence-electron chi connectivity index (χ2n) is 5.58. The quantitative estimate of drug-likeness (QED) is 0.758. The molecule has 1 N–H and O–H groups in total. The zero-order chi connectivity index (χ0) is 17.8. The summed E-state index contributed by atoms with van der Waals surface area (Å²) in [5.41, 5.74) is 1.96. The van der Waals surface area contributed by atoms with Crippen molar-refractivity contribution >= 4 is 5.91 Å². The normalized spacial score (nSPS) is 10.5. The minimum Gasteiger partial charge on any atom is -0.457 e. The van der Waals surface area contributed by atoms with Crippen LogP contribution in [0.4, 0.5) is 4.39 Å². The molecule has 1 amide bonds. The molecule has 0 atom stereocenters. The highest BCUT2D eigenvalue weighted by Gasteiger charge is 2.16. The van der Waals surface area contributed by atoms with Gasteiger partial charge in [-0.05, 0) is 55.8 Å². The maximum absolute atomic E-state index is 12.9. The molecule has 3 rings (SSSR count). The van der Waals surface area contributed by atoms with E-state index in [1.807, 2.05) is 12.1 Å². The van der Waals surface area contributed by atoms with Crippen LogP contribution in [-0.2, 0) is 6.54 Å². The van der Waals surface area contributed by atoms with Gasteiger partial charge in [-0.3, -0.25) is 4.79 Å². The molecule has 0 fully saturated rings. The molecule has 0 aliphatic carbocycles. The zero-order valence-corrected chi connectivity index (χ0v) is 13.9. The average Bonchev–Trinajstić information content (AvgIpc) is 2.95. The van der Waals surface area contributed by atoms with Crippen LogP contribution in [0.15, 0.2) is 53.1 Å². The van der Waals surface area contributed by atoms with Gasteiger partial charge in [0.25, 0.3) is 5.91 Å². The third-order valence-electron chi connectivity index (χ3n) is 3.69. The summed E-state index contributed by atoms with van der Waals surface area (Å²) in [5.74, 6) is 1.16. The topological polar surface area (TPSA) is 64.4 Å². The average molecular weight is 340 g/mol. The van der Waals surface area contributed by atoms with Gasteiger partial charge in [-0.1, -0.05) is 17.3 Å². The lowest BCUT2D eigenvalue weighted by Gasteiger charge is -2.08. The molecule has 0 aliphatic heterocycles. The Morgan fingerprint density at radius 1 is 1.08 bits per heavy atom. The number of amides is 1. The van der Waals surface area contributed by atoms with E-state index in [0.717, 1.165) is 5.56 Å². The monoisotopic (exact) mass is 340 g/mol. The number of rotatable bonds is 5. The van der Waals surface area contributed by atoms with E-state index in [4.69, 9.17) is 9.26 Å². The van der Waals surface area contributed by atoms with Gasteiger partial charge >= 0.3 is 0 Å². The highest BCUT2D eigenvalue weighted by molar-refractivity contribution is 5.96. The second kappa shape index (κ2) is 7.17. The summed E-state index contributed by atoms with van der Waals surface area (Å²) in [5, 5.41) is 6.61. The lowest BCUT2D eigenvalue weighted by molar-refractivity contribution is 0.0949. The van der Waals surface area contributed by atoms with Crippen LogP contribution in [0, 0.1) is 19.7 Å². The van der Waals surface area contributed by atoms with E-state index in [1.165, 1.54) is 12.1 Å². The van der Waals surface area contributed by atoms with Crippen LogP contribution in [0.5, 0.6) is 11.5 Å². The van der Waals surface area contributed by atoms with Crippen molar-refractivity contribution in [2.75, 3.05) is 0 Å². The summed E-state index contributed by atoms with van der Waals surface area (Å²) in [7, 11) is 0. The van der Waals surface area contributed by atoms with Crippen LogP contribution in [0.2, 0.25) is 0 Å². The van der Waals surface area contributed by atoms with Gasteiger partial charge in [0.1, 0.15) is 28.6 Å². The Balaban J connectivity index is 1.59. The number of halogens is 1. The van der Waals surface area contributed by atoms with E-state index in [2.05, 4.69) is 10.5 Å². The van der Waals surface area contributed by atoms with Crippen LogP contribution in [0.3, 0.4) is 0 Å². The standard InChI is InChI=1S/C19H17FN2O3/c1-12-18(13(2)25-22-12)19(23)21-11-14-3-7-16(8-4-14)24-17-9-5-15(20)6-10-17/h3-10H,11H2,1-2H3,(H,21,23). The zero-order valence-electron chi connectivity index (χ0n) is 13.9. The number of carbonyl (C=O) groups excluding carboxylic acids is 1. The molecular weight excluding hydrogens is 323 g/mol. The fourth-order valence-electron chi connectivity index (χ4n) is 2.39. The highest BCUT2D eigenvalue weighted by Crippen LogP contribution is 2.22. The van der Waals surface area contributed by atoms with Crippen molar-refractivity contribution in [3.63, 3.8) is 0 Å². The van der Waals surface area contributed by atoms with Gasteiger partial charge in [0.2, 0.25) is 0 Å². The molecule has 0 spiro atoms. The number of benzene rings is 2. The first-order valence-corrected chi connectivity index (χ1v) is 7.76. The number of aromatic nitrogens is 1. The predicted molar refractivity (Wildman–Crippen MR) is 90.1 cm³/mol. The Bertz CT molecular complexity index is 851. The van der Waals surface area contributed by atoms with Gasteiger partial charge in [-0.15, -0.1) is 0 Å². The molecule has 5 nitrogen and oxygen atoms in total. The van der Waals surface area contributed by atoms with E-state index in [0.29, 0.717) is 35.1 Å². The molecule has 1 heterocycles. The number of nitrogens with one attached hydrogen (secondary N) is 1. The SMILES string of the molecule is Cc1noc(C)c1C(=O)NCc1ccc(Oc2ccc(F)cc2)cc1. The van der Waals surface area contributed by atoms with E-state index in [9.17, 15) is 9.18 Å². The molecule has 0 saturated carbocycles. The summed E-state index contributed by atoms with van der Waals surface area (Å²) >= 11 is 0. The first-order chi connectivity index (χ1) is 12.0. The molecule has 3 aromatic rings. The Labute approximate surface area is 144 Å². The van der Waals surface area contributed by atoms with Crippen LogP contribution in [-0.4, -0.2) is 11.1 Å². The molecule has 25 heavy (non-hydrogen) atoms. The van der Waals surface area contributed by atoms with Crippen LogP contribution >= 0.6 is 0 Å². The third-order valence-corrected chi connectivity index (χ3v) is 3.69. The lowest BCUT2D eigenvalue weighted by atomic mass is 10.1. The Kier molecular flexibility index (Phi) is 4.79. The fourth-order valence-corrected chi connectivity index (χ4v) is 2.39. The number of hydrogen-bond donors (Lipinski definition) is 1. The van der Waals surface area contributed by atoms with E-state index >= 15 is 0 Å². The Morgan fingerprint density at radius 2 is 1.68 bits per heavy atom. The third kappa shape index (κ3) is 4.03. The van der Waals surface area contributed by atoms with Crippen LogP contribution < -0.4 is 10.1 Å². The van der Waals surface area contributed by atoms with Crippen molar-refractivity contribution in [2.45, 2.75) is 20.4 Å². The van der Waals surface area contributed by atoms with E-state index < -0.39 is 0 Å². The number of carbonyl (C=O) groups is 1. The molecule has 0 saturated heterocycles. The molecule has 0 aliphatic rings. The van der Waals surface area contributed by atoms with Gasteiger partial charge < -0.3 is 14.6 Å². The van der Waals surface area contributed by atoms with Crippen LogP contribution in [0.25, 0.3) is 0 Å². The van der Waals surface area contributed by atoms with Gasteiger partial charge in [0.15, 0.2) is 0 Å². The van der Waals surface area contributed by atoms with E-state index in [-0.39, 0.29) is 11.7 Å². The van der Waals surface area contributed by atoms with Gasteiger partial charge in [-0.2, -0.15) is 0 Å². The molecular formula is C19H17FN2O3. The highest BCUT2D eigenvalue weighted by atomic mass is 19.1. The van der Waals surface area contributed by atoms with Crippen LogP contribution in [0.1, 0.15) is 27.4 Å². The minimum absolute atomic E-state index is 0.220. The Hall–Kier alpha value is -3.15. The molecule has 6 heteroatoms. The number of nitrogens with zero attached hydrogens (tertiary/aromatic N) is 1. The summed E-state index contributed by atoms with van der Waals surface area (Å²) in [6.45, 7) is 3.81. The lowest BCUT2D eigenvalue weighted by Crippen LogP contribution is -2.23. The molecule has 0 radical (unpaired) electrons. The minimum atomic E-state index is -0.309. The largest absolute Gasteiger partial charge is 0.457 e. The van der Waals surface area contributed by atoms with E-state index in [1.54, 1.807) is 38.1 Å². The van der Waals surface area contributed by atoms with Crippen molar-refractivity contribution in [2.24, 2.45) is 0 Å². The number of aryl methyl sites for hydroxylation is 2. The maximum atomic E-state index is 12.9. The van der Waals surface area contributed by atoms with Crippen molar-refractivity contribution in [3.05, 3.63) is 76.9 Å². The summed E-state index contributed by atoms with van der Waals surface area (Å²) in [6, 6.07) is 13.1. The first kappa shape index (κ1) is 16.7. The molecule has 2 aromatic carbocycles. The van der Waals surface area contributed by atoms with Crippen molar-refractivity contribution in [1.82, 2.24) is 10.5 Å². The van der Waals surface area contributed by atoms with Gasteiger partial charge in [0.05, 0.1) is 5.69 Å². The molecule has 128 valence electrons. The summed E-state index contributed by atoms with van der Waals surface area (Å²) in [6.07, 6.45) is 0. The predicted octanol–water partition coefficient (Wildman–Crippen LogP) is 4.15. The first-order valence-electron chi connectivity index (χ1n) is 7.76.